The lowest BCUT2D eigenvalue weighted by Crippen LogP contribution is -2.51. The van der Waals surface area contributed by atoms with Crippen molar-refractivity contribution in [2.24, 2.45) is 0 Å². The fraction of sp³-hybridized carbons (Fsp3) is 0.615. The molecule has 0 aromatic carbocycles. The average molecular weight is 219 g/mol. The summed E-state index contributed by atoms with van der Waals surface area (Å²) in [5.41, 5.74) is 4.77. The predicted molar refractivity (Wildman–Crippen MR) is 65.7 cm³/mol. The van der Waals surface area contributed by atoms with Gasteiger partial charge in [0, 0.05) is 31.0 Å². The van der Waals surface area contributed by atoms with Gasteiger partial charge in [-0.1, -0.05) is 12.5 Å². The molecule has 0 spiro atoms. The summed E-state index contributed by atoms with van der Waals surface area (Å²) in [6.07, 6.45) is 7.68. The van der Waals surface area contributed by atoms with Gasteiger partial charge in [-0.25, -0.2) is 5.01 Å². The first kappa shape index (κ1) is 11.6. The molecule has 1 aromatic heterocycles. The zero-order valence-electron chi connectivity index (χ0n) is 10.2. The van der Waals surface area contributed by atoms with Crippen molar-refractivity contribution in [2.45, 2.75) is 51.7 Å². The van der Waals surface area contributed by atoms with E-state index < -0.39 is 0 Å². The minimum absolute atomic E-state index is 0.639. The first-order valence-corrected chi connectivity index (χ1v) is 6.18. The molecule has 0 radical (unpaired) electrons. The van der Waals surface area contributed by atoms with Crippen LogP contribution in [0.25, 0.3) is 0 Å². The molecule has 2 unspecified atom stereocenters. The third-order valence-electron chi connectivity index (χ3n) is 3.38. The Bertz CT molecular complexity index is 302. The molecular weight excluding hydrogens is 198 g/mol. The molecule has 1 N–H and O–H groups in total. The van der Waals surface area contributed by atoms with Gasteiger partial charge < -0.3 is 0 Å². The zero-order chi connectivity index (χ0) is 11.4. The number of hydrogen-bond donors (Lipinski definition) is 1. The van der Waals surface area contributed by atoms with Gasteiger partial charge in [0.25, 0.3) is 0 Å². The van der Waals surface area contributed by atoms with Gasteiger partial charge >= 0.3 is 0 Å². The van der Waals surface area contributed by atoms with Crippen LogP contribution in [-0.2, 0) is 6.54 Å². The molecule has 0 saturated carbocycles. The molecule has 3 nitrogen and oxygen atoms in total. The van der Waals surface area contributed by atoms with Crippen LogP contribution in [0.5, 0.6) is 0 Å². The van der Waals surface area contributed by atoms with Crippen molar-refractivity contribution in [3.8, 4) is 0 Å². The van der Waals surface area contributed by atoms with Gasteiger partial charge in [0.05, 0.1) is 0 Å². The predicted octanol–water partition coefficient (Wildman–Crippen LogP) is 2.35. The second-order valence-corrected chi connectivity index (χ2v) is 4.73. The third kappa shape index (κ3) is 2.80. The van der Waals surface area contributed by atoms with Gasteiger partial charge in [0.2, 0.25) is 0 Å². The number of piperidine rings is 1. The Hall–Kier alpha value is -0.930. The fourth-order valence-corrected chi connectivity index (χ4v) is 2.42. The molecule has 1 aliphatic heterocycles. The highest BCUT2D eigenvalue weighted by atomic mass is 15.5. The van der Waals surface area contributed by atoms with Gasteiger partial charge in [0.15, 0.2) is 0 Å². The van der Waals surface area contributed by atoms with Crippen LogP contribution >= 0.6 is 0 Å². The number of nitrogens with one attached hydrogen (secondary N) is 1. The van der Waals surface area contributed by atoms with Gasteiger partial charge in [-0.05, 0) is 38.3 Å². The molecule has 0 aliphatic carbocycles. The number of rotatable bonds is 3. The first-order valence-electron chi connectivity index (χ1n) is 6.18. The topological polar surface area (TPSA) is 28.2 Å². The van der Waals surface area contributed by atoms with Crippen LogP contribution in [-0.4, -0.2) is 22.1 Å². The van der Waals surface area contributed by atoms with Crippen molar-refractivity contribution in [3.05, 3.63) is 30.1 Å². The molecular formula is C13H21N3. The smallest absolute Gasteiger partial charge is 0.0368 e. The Morgan fingerprint density at radius 2 is 2.12 bits per heavy atom. The maximum absolute atomic E-state index is 4.13. The maximum Gasteiger partial charge on any atom is 0.0368 e. The van der Waals surface area contributed by atoms with Gasteiger partial charge in [0.1, 0.15) is 0 Å². The summed E-state index contributed by atoms with van der Waals surface area (Å²) in [5, 5.41) is 2.40. The molecule has 2 heterocycles. The monoisotopic (exact) mass is 219 g/mol. The van der Waals surface area contributed by atoms with Crippen LogP contribution in [0.15, 0.2) is 24.5 Å². The minimum Gasteiger partial charge on any atom is -0.264 e. The highest BCUT2D eigenvalue weighted by Crippen LogP contribution is 2.20. The van der Waals surface area contributed by atoms with Gasteiger partial charge in [-0.3, -0.25) is 10.4 Å². The van der Waals surface area contributed by atoms with Crippen LogP contribution in [0.1, 0.15) is 38.7 Å². The maximum atomic E-state index is 4.13. The van der Waals surface area contributed by atoms with E-state index in [1.165, 1.54) is 24.8 Å². The number of hydrazine groups is 1. The molecule has 1 fully saturated rings. The molecule has 16 heavy (non-hydrogen) atoms. The van der Waals surface area contributed by atoms with Crippen molar-refractivity contribution in [1.82, 2.24) is 15.4 Å². The van der Waals surface area contributed by atoms with E-state index in [9.17, 15) is 0 Å². The molecule has 0 bridgehead atoms. The van der Waals surface area contributed by atoms with E-state index in [2.05, 4.69) is 35.3 Å². The minimum atomic E-state index is 0.639. The lowest BCUT2D eigenvalue weighted by Gasteiger charge is -2.39. The summed E-state index contributed by atoms with van der Waals surface area (Å²) in [6, 6.07) is 5.38. The Labute approximate surface area is 97.8 Å². The number of pyridine rings is 1. The highest BCUT2D eigenvalue weighted by Gasteiger charge is 2.23. The Kier molecular flexibility index (Phi) is 3.91. The van der Waals surface area contributed by atoms with E-state index >= 15 is 0 Å². The number of aromatic nitrogens is 1. The largest absolute Gasteiger partial charge is 0.264 e. The Balaban J connectivity index is 1.89. The molecule has 88 valence electrons. The number of hydrogen-bond acceptors (Lipinski definition) is 3. The summed E-state index contributed by atoms with van der Waals surface area (Å²) in [5.74, 6) is 0. The van der Waals surface area contributed by atoms with Crippen molar-refractivity contribution >= 4 is 0 Å². The molecule has 1 saturated heterocycles. The van der Waals surface area contributed by atoms with Crippen LogP contribution in [0.4, 0.5) is 0 Å². The zero-order valence-corrected chi connectivity index (χ0v) is 10.2. The molecule has 1 aromatic rings. The summed E-state index contributed by atoms with van der Waals surface area (Å²) in [7, 11) is 0. The molecule has 0 amide bonds. The van der Waals surface area contributed by atoms with E-state index in [0.717, 1.165) is 6.54 Å². The molecule has 3 heteroatoms. The summed E-state index contributed by atoms with van der Waals surface area (Å²) in [4.78, 5) is 4.13. The van der Waals surface area contributed by atoms with Crippen molar-refractivity contribution in [3.63, 3.8) is 0 Å². The molecule has 2 atom stereocenters. The summed E-state index contributed by atoms with van der Waals surface area (Å²) < 4.78 is 0. The van der Waals surface area contributed by atoms with Gasteiger partial charge in [-0.2, -0.15) is 0 Å². The summed E-state index contributed by atoms with van der Waals surface area (Å²) in [6.45, 7) is 5.47. The van der Waals surface area contributed by atoms with Crippen molar-refractivity contribution < 1.29 is 0 Å². The van der Waals surface area contributed by atoms with Gasteiger partial charge in [-0.15, -0.1) is 0 Å². The van der Waals surface area contributed by atoms with Crippen molar-refractivity contribution in [1.29, 1.82) is 0 Å². The van der Waals surface area contributed by atoms with E-state index in [4.69, 9.17) is 0 Å². The van der Waals surface area contributed by atoms with Crippen LogP contribution in [0.3, 0.4) is 0 Å². The fourth-order valence-electron chi connectivity index (χ4n) is 2.42. The standard InChI is InChI=1S/C13H21N3/c1-11-5-3-6-12(2)16(11)15-10-13-7-4-8-14-9-13/h4,7-9,11-12,15H,3,5-6,10H2,1-2H3. The molecule has 2 rings (SSSR count). The second-order valence-electron chi connectivity index (χ2n) is 4.73. The lowest BCUT2D eigenvalue weighted by molar-refractivity contribution is 0.0435. The summed E-state index contributed by atoms with van der Waals surface area (Å²) >= 11 is 0. The Morgan fingerprint density at radius 1 is 1.38 bits per heavy atom. The van der Waals surface area contributed by atoms with Crippen LogP contribution in [0.2, 0.25) is 0 Å². The average Bonchev–Trinajstić information content (AvgIpc) is 2.30. The van der Waals surface area contributed by atoms with E-state index in [0.29, 0.717) is 12.1 Å². The van der Waals surface area contributed by atoms with E-state index in [1.54, 1.807) is 0 Å². The van der Waals surface area contributed by atoms with Crippen LogP contribution < -0.4 is 5.43 Å². The normalized spacial score (nSPS) is 26.9. The lowest BCUT2D eigenvalue weighted by atomic mass is 10.00. The first-order chi connectivity index (χ1) is 7.77. The van der Waals surface area contributed by atoms with Crippen molar-refractivity contribution in [2.75, 3.05) is 0 Å². The molecule has 1 aliphatic rings. The van der Waals surface area contributed by atoms with E-state index in [-0.39, 0.29) is 0 Å². The second kappa shape index (κ2) is 5.41. The number of nitrogens with zero attached hydrogens (tertiary/aromatic N) is 2. The SMILES string of the molecule is CC1CCCC(C)N1NCc1cccnc1. The van der Waals surface area contributed by atoms with Crippen LogP contribution in [0, 0.1) is 0 Å². The highest BCUT2D eigenvalue weighted by molar-refractivity contribution is 5.07. The quantitative estimate of drug-likeness (QED) is 0.846. The Morgan fingerprint density at radius 3 is 2.75 bits per heavy atom. The van der Waals surface area contributed by atoms with E-state index in [1.807, 2.05) is 18.5 Å². The third-order valence-corrected chi connectivity index (χ3v) is 3.38.